The second kappa shape index (κ2) is 11.1. The fourth-order valence-corrected chi connectivity index (χ4v) is 4.41. The molecular formula is C24H28N8S. The van der Waals surface area contributed by atoms with Crippen molar-refractivity contribution in [3.63, 3.8) is 0 Å². The molecule has 3 heterocycles. The molecule has 0 radical (unpaired) electrons. The molecule has 1 aromatic carbocycles. The van der Waals surface area contributed by atoms with Crippen LogP contribution in [0.5, 0.6) is 0 Å². The van der Waals surface area contributed by atoms with Gasteiger partial charge in [-0.15, -0.1) is 0 Å². The summed E-state index contributed by atoms with van der Waals surface area (Å²) in [5.41, 5.74) is 3.48. The van der Waals surface area contributed by atoms with Crippen molar-refractivity contribution in [1.82, 2.24) is 24.6 Å². The highest BCUT2D eigenvalue weighted by Gasteiger charge is 2.15. The van der Waals surface area contributed by atoms with Crippen molar-refractivity contribution in [1.29, 1.82) is 5.26 Å². The van der Waals surface area contributed by atoms with Gasteiger partial charge in [0.25, 0.3) is 0 Å². The topological polar surface area (TPSA) is 102 Å². The lowest BCUT2D eigenvalue weighted by molar-refractivity contribution is 0.390. The number of anilines is 3. The fourth-order valence-electron chi connectivity index (χ4n) is 3.73. The highest BCUT2D eigenvalue weighted by molar-refractivity contribution is 7.97. The van der Waals surface area contributed by atoms with Gasteiger partial charge in [0, 0.05) is 35.0 Å². The summed E-state index contributed by atoms with van der Waals surface area (Å²) in [5, 5.41) is 19.2. The number of nitrogens with zero attached hydrogens (tertiary/aromatic N) is 5. The molecule has 0 bridgehead atoms. The van der Waals surface area contributed by atoms with Crippen molar-refractivity contribution in [3.8, 4) is 17.2 Å². The normalized spacial score (nSPS) is 14.1. The standard InChI is InChI=1S/C24H28N8S/c1-32(2)33-20-5-3-18(4-6-20)21-15-30-23(31-24-16-27-19(12-25)14-29-24)11-22(21)28-13-17-7-9-26-10-8-17/h3-6,11,14-17,26H,7-10,13H2,1-2H3,(H2,28,29,30,31). The number of nitrogens with one attached hydrogen (secondary N) is 3. The molecule has 9 heteroatoms. The first-order valence-corrected chi connectivity index (χ1v) is 11.8. The first-order chi connectivity index (χ1) is 16.1. The molecule has 3 N–H and O–H groups in total. The first kappa shape index (κ1) is 23.0. The first-order valence-electron chi connectivity index (χ1n) is 11.0. The lowest BCUT2D eigenvalue weighted by Crippen LogP contribution is -2.31. The Morgan fingerprint density at radius 1 is 1.06 bits per heavy atom. The molecule has 0 unspecified atom stereocenters. The van der Waals surface area contributed by atoms with Crippen molar-refractivity contribution in [2.45, 2.75) is 17.7 Å². The van der Waals surface area contributed by atoms with E-state index in [0.717, 1.165) is 36.4 Å². The van der Waals surface area contributed by atoms with Gasteiger partial charge < -0.3 is 16.0 Å². The van der Waals surface area contributed by atoms with Crippen LogP contribution in [-0.4, -0.2) is 53.0 Å². The Balaban J connectivity index is 1.57. The molecule has 4 rings (SSSR count). The number of aromatic nitrogens is 3. The lowest BCUT2D eigenvalue weighted by Gasteiger charge is -2.24. The van der Waals surface area contributed by atoms with Gasteiger partial charge in [0.2, 0.25) is 0 Å². The van der Waals surface area contributed by atoms with Crippen LogP contribution < -0.4 is 16.0 Å². The number of hydrogen-bond acceptors (Lipinski definition) is 9. The Morgan fingerprint density at radius 2 is 1.82 bits per heavy atom. The Morgan fingerprint density at radius 3 is 2.48 bits per heavy atom. The molecule has 0 saturated carbocycles. The SMILES string of the molecule is CN(C)Sc1ccc(-c2cnc(Nc3cnc(C#N)cn3)cc2NCC2CCNCC2)cc1. The maximum atomic E-state index is 8.92. The number of pyridine rings is 1. The summed E-state index contributed by atoms with van der Waals surface area (Å²) in [5.74, 6) is 1.86. The van der Waals surface area contributed by atoms with Crippen LogP contribution in [0.4, 0.5) is 17.3 Å². The number of hydrogen-bond donors (Lipinski definition) is 3. The summed E-state index contributed by atoms with van der Waals surface area (Å²) in [6, 6.07) is 12.5. The van der Waals surface area contributed by atoms with Crippen molar-refractivity contribution in [3.05, 3.63) is 54.6 Å². The number of benzene rings is 1. The van der Waals surface area contributed by atoms with E-state index < -0.39 is 0 Å². The summed E-state index contributed by atoms with van der Waals surface area (Å²) >= 11 is 1.70. The summed E-state index contributed by atoms with van der Waals surface area (Å²) in [4.78, 5) is 14.1. The molecule has 170 valence electrons. The lowest BCUT2D eigenvalue weighted by atomic mass is 9.97. The van der Waals surface area contributed by atoms with Crippen LogP contribution in [0.25, 0.3) is 11.1 Å². The van der Waals surface area contributed by atoms with Gasteiger partial charge in [-0.2, -0.15) is 5.26 Å². The zero-order valence-electron chi connectivity index (χ0n) is 18.9. The minimum absolute atomic E-state index is 0.282. The van der Waals surface area contributed by atoms with E-state index in [0.29, 0.717) is 17.6 Å². The zero-order valence-corrected chi connectivity index (χ0v) is 19.7. The largest absolute Gasteiger partial charge is 0.384 e. The van der Waals surface area contributed by atoms with E-state index in [2.05, 4.69) is 59.5 Å². The molecule has 1 saturated heterocycles. The van der Waals surface area contributed by atoms with Gasteiger partial charge in [-0.25, -0.2) is 15.0 Å². The van der Waals surface area contributed by atoms with E-state index in [4.69, 9.17) is 5.26 Å². The monoisotopic (exact) mass is 460 g/mol. The van der Waals surface area contributed by atoms with Gasteiger partial charge >= 0.3 is 0 Å². The molecule has 0 spiro atoms. The average molecular weight is 461 g/mol. The molecule has 1 fully saturated rings. The molecule has 0 aliphatic carbocycles. The van der Waals surface area contributed by atoms with Gasteiger partial charge in [0.05, 0.1) is 12.4 Å². The quantitative estimate of drug-likeness (QED) is 0.428. The van der Waals surface area contributed by atoms with E-state index in [9.17, 15) is 0 Å². The van der Waals surface area contributed by atoms with Crippen LogP contribution >= 0.6 is 11.9 Å². The number of piperidine rings is 1. The van der Waals surface area contributed by atoms with Gasteiger partial charge in [0.15, 0.2) is 5.69 Å². The zero-order chi connectivity index (χ0) is 23.0. The Labute approximate surface area is 199 Å². The molecule has 1 aliphatic heterocycles. The van der Waals surface area contributed by atoms with Crippen LogP contribution in [0.15, 0.2) is 53.8 Å². The van der Waals surface area contributed by atoms with Crippen LogP contribution in [0.2, 0.25) is 0 Å². The highest BCUT2D eigenvalue weighted by Crippen LogP contribution is 2.32. The Bertz CT molecular complexity index is 1090. The third-order valence-electron chi connectivity index (χ3n) is 5.42. The second-order valence-electron chi connectivity index (χ2n) is 8.14. The average Bonchev–Trinajstić information content (AvgIpc) is 2.84. The molecule has 0 amide bonds. The predicted molar refractivity (Wildman–Crippen MR) is 133 cm³/mol. The molecule has 0 atom stereocenters. The smallest absolute Gasteiger partial charge is 0.158 e. The maximum absolute atomic E-state index is 8.92. The molecule has 2 aromatic heterocycles. The molecular weight excluding hydrogens is 432 g/mol. The van der Waals surface area contributed by atoms with E-state index in [1.54, 1.807) is 11.9 Å². The van der Waals surface area contributed by atoms with E-state index in [1.165, 1.54) is 30.1 Å². The van der Waals surface area contributed by atoms with E-state index in [1.807, 2.05) is 32.4 Å². The number of rotatable bonds is 8. The van der Waals surface area contributed by atoms with Gasteiger partial charge in [-0.3, -0.25) is 4.31 Å². The summed E-state index contributed by atoms with van der Waals surface area (Å²) < 4.78 is 2.08. The number of nitriles is 1. The van der Waals surface area contributed by atoms with Crippen molar-refractivity contribution >= 4 is 29.3 Å². The minimum Gasteiger partial charge on any atom is -0.384 e. The Kier molecular flexibility index (Phi) is 7.73. The van der Waals surface area contributed by atoms with Gasteiger partial charge in [-0.1, -0.05) is 12.1 Å². The predicted octanol–water partition coefficient (Wildman–Crippen LogP) is 4.13. The van der Waals surface area contributed by atoms with Gasteiger partial charge in [-0.05, 0) is 75.6 Å². The van der Waals surface area contributed by atoms with Crippen LogP contribution in [-0.2, 0) is 0 Å². The summed E-state index contributed by atoms with van der Waals surface area (Å²) in [6.07, 6.45) is 7.22. The fraction of sp³-hybridized carbons (Fsp3) is 0.333. The van der Waals surface area contributed by atoms with Crippen LogP contribution in [0, 0.1) is 17.2 Å². The second-order valence-corrected chi connectivity index (χ2v) is 9.53. The summed E-state index contributed by atoms with van der Waals surface area (Å²) in [7, 11) is 4.07. The highest BCUT2D eigenvalue weighted by atomic mass is 32.2. The molecule has 1 aliphatic rings. The van der Waals surface area contributed by atoms with E-state index >= 15 is 0 Å². The molecule has 33 heavy (non-hydrogen) atoms. The Hall–Kier alpha value is -3.19. The van der Waals surface area contributed by atoms with Gasteiger partial charge in [0.1, 0.15) is 17.7 Å². The summed E-state index contributed by atoms with van der Waals surface area (Å²) in [6.45, 7) is 3.07. The third-order valence-corrected chi connectivity index (χ3v) is 6.27. The maximum Gasteiger partial charge on any atom is 0.158 e. The van der Waals surface area contributed by atoms with Crippen LogP contribution in [0.1, 0.15) is 18.5 Å². The molecule has 8 nitrogen and oxygen atoms in total. The third kappa shape index (κ3) is 6.42. The van der Waals surface area contributed by atoms with Crippen molar-refractivity contribution < 1.29 is 0 Å². The molecule has 3 aromatic rings. The van der Waals surface area contributed by atoms with E-state index in [-0.39, 0.29) is 5.69 Å². The van der Waals surface area contributed by atoms with Crippen molar-refractivity contribution in [2.24, 2.45) is 5.92 Å². The van der Waals surface area contributed by atoms with Crippen molar-refractivity contribution in [2.75, 3.05) is 44.4 Å². The van der Waals surface area contributed by atoms with Crippen LogP contribution in [0.3, 0.4) is 0 Å². The minimum atomic E-state index is 0.282.